The highest BCUT2D eigenvalue weighted by molar-refractivity contribution is 8.00. The van der Waals surface area contributed by atoms with Crippen LogP contribution in [0.5, 0.6) is 0 Å². The molecule has 0 saturated heterocycles. The first kappa shape index (κ1) is 18.4. The summed E-state index contributed by atoms with van der Waals surface area (Å²) in [6, 6.07) is 9.27. The van der Waals surface area contributed by atoms with Crippen LogP contribution in [0, 0.1) is 23.4 Å². The predicted molar refractivity (Wildman–Crippen MR) is 89.2 cm³/mol. The molecular weight excluding hydrogens is 335 g/mol. The molecule has 0 aromatic heterocycles. The highest BCUT2D eigenvalue weighted by Crippen LogP contribution is 2.24. The molecule has 1 unspecified atom stereocenters. The summed E-state index contributed by atoms with van der Waals surface area (Å²) in [6.07, 6.45) is 0. The number of hydrogen-bond donors (Lipinski definition) is 1. The first-order valence-corrected chi connectivity index (χ1v) is 8.48. The monoisotopic (exact) mass is 353 g/mol. The molecule has 2 nitrogen and oxygen atoms in total. The second kappa shape index (κ2) is 8.24. The number of hydrogen-bond acceptors (Lipinski definition) is 2. The Morgan fingerprint density at radius 1 is 1.04 bits per heavy atom. The Kier molecular flexibility index (Phi) is 6.31. The van der Waals surface area contributed by atoms with E-state index in [0.717, 1.165) is 29.5 Å². The molecule has 0 aliphatic carbocycles. The fourth-order valence-electron chi connectivity index (χ4n) is 2.24. The average Bonchev–Trinajstić information content (AvgIpc) is 2.54. The molecule has 1 atom stereocenters. The van der Waals surface area contributed by atoms with E-state index in [4.69, 9.17) is 0 Å². The summed E-state index contributed by atoms with van der Waals surface area (Å²) < 4.78 is 39.1. The molecule has 2 aromatic carbocycles. The quantitative estimate of drug-likeness (QED) is 0.762. The van der Waals surface area contributed by atoms with Gasteiger partial charge in [-0.25, -0.2) is 13.2 Å². The highest BCUT2D eigenvalue weighted by atomic mass is 32.2. The van der Waals surface area contributed by atoms with Crippen molar-refractivity contribution in [2.75, 3.05) is 5.75 Å². The lowest BCUT2D eigenvalue weighted by Crippen LogP contribution is -2.33. The standard InChI is InChI=1S/C18H18F3NOS/c1-11(2)18(12-3-5-13(19)6-4-12)22-17(23)10-24-14-7-8-15(20)16(21)9-14/h3-9,11,18H,10H2,1-2H3,(H,22,23). The maximum Gasteiger partial charge on any atom is 0.230 e. The van der Waals surface area contributed by atoms with Gasteiger partial charge in [-0.2, -0.15) is 0 Å². The van der Waals surface area contributed by atoms with E-state index in [-0.39, 0.29) is 29.4 Å². The molecule has 1 amide bonds. The molecule has 24 heavy (non-hydrogen) atoms. The molecular formula is C18H18F3NOS. The van der Waals surface area contributed by atoms with Crippen molar-refractivity contribution in [3.8, 4) is 0 Å². The largest absolute Gasteiger partial charge is 0.348 e. The van der Waals surface area contributed by atoms with E-state index in [1.165, 1.54) is 18.2 Å². The summed E-state index contributed by atoms with van der Waals surface area (Å²) >= 11 is 1.12. The van der Waals surface area contributed by atoms with E-state index in [1.54, 1.807) is 12.1 Å². The van der Waals surface area contributed by atoms with Gasteiger partial charge in [0.25, 0.3) is 0 Å². The van der Waals surface area contributed by atoms with Crippen molar-refractivity contribution in [1.82, 2.24) is 5.32 Å². The predicted octanol–water partition coefficient (Wildman–Crippen LogP) is 4.71. The van der Waals surface area contributed by atoms with Crippen LogP contribution >= 0.6 is 11.8 Å². The van der Waals surface area contributed by atoms with Gasteiger partial charge >= 0.3 is 0 Å². The maximum absolute atomic E-state index is 13.2. The lowest BCUT2D eigenvalue weighted by atomic mass is 9.96. The second-order valence-corrected chi connectivity index (χ2v) is 6.75. The van der Waals surface area contributed by atoms with Crippen LogP contribution in [0.15, 0.2) is 47.4 Å². The number of nitrogens with one attached hydrogen (secondary N) is 1. The molecule has 0 bridgehead atoms. The van der Waals surface area contributed by atoms with Crippen LogP contribution in [0.4, 0.5) is 13.2 Å². The fourth-order valence-corrected chi connectivity index (χ4v) is 2.97. The SMILES string of the molecule is CC(C)C(NC(=O)CSc1ccc(F)c(F)c1)c1ccc(F)cc1. The molecule has 0 radical (unpaired) electrons. The molecule has 0 aliphatic heterocycles. The normalized spacial score (nSPS) is 12.2. The number of carbonyl (C=O) groups is 1. The first-order valence-electron chi connectivity index (χ1n) is 7.49. The van der Waals surface area contributed by atoms with Crippen molar-refractivity contribution >= 4 is 17.7 Å². The van der Waals surface area contributed by atoms with Gasteiger partial charge in [0.1, 0.15) is 5.82 Å². The summed E-state index contributed by atoms with van der Waals surface area (Å²) in [5.74, 6) is -2.22. The summed E-state index contributed by atoms with van der Waals surface area (Å²) in [5, 5.41) is 2.90. The molecule has 6 heteroatoms. The Balaban J connectivity index is 1.97. The highest BCUT2D eigenvalue weighted by Gasteiger charge is 2.18. The Hall–Kier alpha value is -1.95. The number of carbonyl (C=O) groups excluding carboxylic acids is 1. The van der Waals surface area contributed by atoms with E-state index >= 15 is 0 Å². The smallest absolute Gasteiger partial charge is 0.230 e. The summed E-state index contributed by atoms with van der Waals surface area (Å²) in [5.41, 5.74) is 0.817. The topological polar surface area (TPSA) is 29.1 Å². The minimum absolute atomic E-state index is 0.0789. The second-order valence-electron chi connectivity index (χ2n) is 5.71. The third-order valence-corrected chi connectivity index (χ3v) is 4.47. The first-order chi connectivity index (χ1) is 11.4. The lowest BCUT2D eigenvalue weighted by Gasteiger charge is -2.23. The van der Waals surface area contributed by atoms with E-state index < -0.39 is 11.6 Å². The van der Waals surface area contributed by atoms with E-state index in [0.29, 0.717) is 4.90 Å². The van der Waals surface area contributed by atoms with Gasteiger partial charge in [0.2, 0.25) is 5.91 Å². The third kappa shape index (κ3) is 5.03. The summed E-state index contributed by atoms with van der Waals surface area (Å²) in [7, 11) is 0. The van der Waals surface area contributed by atoms with Crippen LogP contribution in [-0.4, -0.2) is 11.7 Å². The molecule has 0 saturated carbocycles. The average molecular weight is 353 g/mol. The molecule has 0 spiro atoms. The molecule has 128 valence electrons. The van der Waals surface area contributed by atoms with Crippen molar-refractivity contribution in [3.05, 3.63) is 65.5 Å². The maximum atomic E-state index is 13.2. The zero-order valence-electron chi connectivity index (χ0n) is 13.4. The van der Waals surface area contributed by atoms with Crippen LogP contribution in [0.25, 0.3) is 0 Å². The van der Waals surface area contributed by atoms with Gasteiger partial charge in [-0.05, 0) is 41.8 Å². The van der Waals surface area contributed by atoms with Crippen LogP contribution in [0.1, 0.15) is 25.5 Å². The number of benzene rings is 2. The van der Waals surface area contributed by atoms with Crippen LogP contribution in [-0.2, 0) is 4.79 Å². The third-order valence-electron chi connectivity index (χ3n) is 3.47. The van der Waals surface area contributed by atoms with E-state index in [1.807, 2.05) is 13.8 Å². The Labute approximate surface area is 143 Å². The number of amides is 1. The molecule has 0 heterocycles. The Morgan fingerprint density at radius 3 is 2.29 bits per heavy atom. The zero-order chi connectivity index (χ0) is 17.7. The van der Waals surface area contributed by atoms with Crippen LogP contribution in [0.3, 0.4) is 0 Å². The van der Waals surface area contributed by atoms with Gasteiger partial charge in [-0.15, -0.1) is 11.8 Å². The molecule has 1 N–H and O–H groups in total. The fraction of sp³-hybridized carbons (Fsp3) is 0.278. The summed E-state index contributed by atoms with van der Waals surface area (Å²) in [4.78, 5) is 12.6. The van der Waals surface area contributed by atoms with Gasteiger partial charge in [-0.3, -0.25) is 4.79 Å². The minimum Gasteiger partial charge on any atom is -0.348 e. The minimum atomic E-state index is -0.938. The number of halogens is 3. The number of thioether (sulfide) groups is 1. The van der Waals surface area contributed by atoms with Crippen molar-refractivity contribution < 1.29 is 18.0 Å². The van der Waals surface area contributed by atoms with Gasteiger partial charge in [0, 0.05) is 4.90 Å². The Morgan fingerprint density at radius 2 is 1.71 bits per heavy atom. The van der Waals surface area contributed by atoms with Crippen molar-refractivity contribution in [3.63, 3.8) is 0 Å². The van der Waals surface area contributed by atoms with Crippen molar-refractivity contribution in [2.45, 2.75) is 24.8 Å². The molecule has 2 rings (SSSR count). The zero-order valence-corrected chi connectivity index (χ0v) is 14.2. The van der Waals surface area contributed by atoms with Gasteiger partial charge in [0.15, 0.2) is 11.6 Å². The van der Waals surface area contributed by atoms with Crippen molar-refractivity contribution in [2.24, 2.45) is 5.92 Å². The van der Waals surface area contributed by atoms with Gasteiger partial charge in [0.05, 0.1) is 11.8 Å². The lowest BCUT2D eigenvalue weighted by molar-refractivity contribution is -0.119. The van der Waals surface area contributed by atoms with Gasteiger partial charge < -0.3 is 5.32 Å². The van der Waals surface area contributed by atoms with Crippen molar-refractivity contribution in [1.29, 1.82) is 0 Å². The van der Waals surface area contributed by atoms with E-state index in [2.05, 4.69) is 5.32 Å². The molecule has 0 aliphatic rings. The van der Waals surface area contributed by atoms with E-state index in [9.17, 15) is 18.0 Å². The van der Waals surface area contributed by atoms with Gasteiger partial charge in [-0.1, -0.05) is 26.0 Å². The molecule has 2 aromatic rings. The Bertz CT molecular complexity index is 704. The number of rotatable bonds is 6. The molecule has 0 fully saturated rings. The van der Waals surface area contributed by atoms with Crippen LogP contribution in [0.2, 0.25) is 0 Å². The van der Waals surface area contributed by atoms with Crippen LogP contribution < -0.4 is 5.32 Å². The summed E-state index contributed by atoms with van der Waals surface area (Å²) in [6.45, 7) is 3.91.